The largest absolute Gasteiger partial charge is 0.481 e. The van der Waals surface area contributed by atoms with Crippen molar-refractivity contribution in [3.8, 4) is 0 Å². The van der Waals surface area contributed by atoms with Crippen LogP contribution in [0, 0.1) is 5.92 Å². The van der Waals surface area contributed by atoms with E-state index in [0.717, 1.165) is 5.76 Å². The maximum Gasteiger partial charge on any atom is 0.311 e. The van der Waals surface area contributed by atoms with Gasteiger partial charge >= 0.3 is 5.97 Å². The number of carboxylic acid groups (broad SMARTS) is 1. The number of furan rings is 1. The molecule has 92 valence electrons. The molecule has 0 fully saturated rings. The van der Waals surface area contributed by atoms with Crippen LogP contribution >= 0.6 is 0 Å². The van der Waals surface area contributed by atoms with Crippen molar-refractivity contribution in [1.29, 1.82) is 0 Å². The van der Waals surface area contributed by atoms with Crippen molar-refractivity contribution in [2.24, 2.45) is 11.7 Å². The zero-order valence-corrected chi connectivity index (χ0v) is 9.04. The smallest absolute Gasteiger partial charge is 0.311 e. The number of aliphatic carboxylic acids is 1. The molecule has 0 bridgehead atoms. The molecular weight excluding hydrogens is 214 g/mol. The average molecular weight is 231 g/mol. The van der Waals surface area contributed by atoms with Gasteiger partial charge in [-0.05, 0) is 18.6 Å². The third-order valence-corrected chi connectivity index (χ3v) is 1.90. The Morgan fingerprint density at radius 1 is 1.56 bits per heavy atom. The van der Waals surface area contributed by atoms with Gasteiger partial charge in [0.1, 0.15) is 11.7 Å². The molecule has 0 aliphatic heterocycles. The van der Waals surface area contributed by atoms with Crippen molar-refractivity contribution in [3.63, 3.8) is 0 Å². The predicted octanol–water partition coefficient (Wildman–Crippen LogP) is 0.146. The van der Waals surface area contributed by atoms with E-state index in [1.165, 1.54) is 0 Å². The van der Waals surface area contributed by atoms with E-state index >= 15 is 0 Å². The highest BCUT2D eigenvalue weighted by molar-refractivity contribution is 5.70. The van der Waals surface area contributed by atoms with E-state index in [2.05, 4.69) is 0 Å². The van der Waals surface area contributed by atoms with E-state index in [0.29, 0.717) is 6.54 Å². The summed E-state index contributed by atoms with van der Waals surface area (Å²) in [5.41, 5.74) is 5.20. The molecule has 0 amide bonds. The van der Waals surface area contributed by atoms with Crippen molar-refractivity contribution in [2.45, 2.75) is 26.2 Å². The number of nitrogens with two attached hydrogens (primary N) is 1. The first kappa shape index (κ1) is 14.6. The van der Waals surface area contributed by atoms with Crippen LogP contribution in [0.1, 0.15) is 19.1 Å². The fourth-order valence-corrected chi connectivity index (χ4v) is 0.942. The molecule has 1 unspecified atom stereocenters. The van der Waals surface area contributed by atoms with E-state index in [1.807, 2.05) is 12.1 Å². The van der Waals surface area contributed by atoms with Crippen LogP contribution in [0.3, 0.4) is 0 Å². The molecule has 0 aliphatic rings. The summed E-state index contributed by atoms with van der Waals surface area (Å²) in [5, 5.41) is 24.9. The minimum atomic E-state index is -1.74. The molecule has 6 nitrogen and oxygen atoms in total. The zero-order chi connectivity index (χ0) is 12.6. The lowest BCUT2D eigenvalue weighted by atomic mass is 10.1. The number of hydrogen-bond donors (Lipinski definition) is 4. The Labute approximate surface area is 93.3 Å². The van der Waals surface area contributed by atoms with Crippen LogP contribution < -0.4 is 5.73 Å². The fraction of sp³-hybridized carbons (Fsp3) is 0.500. The van der Waals surface area contributed by atoms with Gasteiger partial charge in [-0.3, -0.25) is 4.79 Å². The van der Waals surface area contributed by atoms with Gasteiger partial charge in [-0.15, -0.1) is 0 Å². The van der Waals surface area contributed by atoms with E-state index in [4.69, 9.17) is 25.5 Å². The van der Waals surface area contributed by atoms with E-state index in [9.17, 15) is 4.79 Å². The number of rotatable bonds is 4. The Bertz CT molecular complexity index is 283. The van der Waals surface area contributed by atoms with Crippen molar-refractivity contribution in [3.05, 3.63) is 24.2 Å². The molecule has 0 aromatic carbocycles. The summed E-state index contributed by atoms with van der Waals surface area (Å²) >= 11 is 0. The Morgan fingerprint density at radius 3 is 2.31 bits per heavy atom. The van der Waals surface area contributed by atoms with E-state index < -0.39 is 18.2 Å². The van der Waals surface area contributed by atoms with Crippen molar-refractivity contribution < 1.29 is 24.5 Å². The van der Waals surface area contributed by atoms with Crippen LogP contribution in [-0.2, 0) is 11.3 Å². The van der Waals surface area contributed by atoms with Gasteiger partial charge in [-0.1, -0.05) is 6.92 Å². The van der Waals surface area contributed by atoms with E-state index in [1.54, 1.807) is 13.2 Å². The Morgan fingerprint density at radius 2 is 2.19 bits per heavy atom. The van der Waals surface area contributed by atoms with Gasteiger partial charge in [0.05, 0.1) is 12.8 Å². The Hall–Kier alpha value is -1.37. The lowest BCUT2D eigenvalue weighted by molar-refractivity contribution is -0.158. The maximum atomic E-state index is 10.1. The molecule has 1 atom stereocenters. The normalized spacial score (nSPS) is 11.8. The number of carbonyl (C=O) groups is 1. The molecule has 0 radical (unpaired) electrons. The highest BCUT2D eigenvalue weighted by Crippen LogP contribution is 2.05. The third kappa shape index (κ3) is 5.50. The minimum absolute atomic E-state index is 0.229. The lowest BCUT2D eigenvalue weighted by Crippen LogP contribution is -2.26. The van der Waals surface area contributed by atoms with Crippen LogP contribution in [0.5, 0.6) is 0 Å². The van der Waals surface area contributed by atoms with Crippen LogP contribution in [0.15, 0.2) is 22.8 Å². The SMILES string of the molecule is CCC(C(=O)O)C(O)O.NCc1ccco1. The summed E-state index contributed by atoms with van der Waals surface area (Å²) in [6, 6.07) is 3.67. The first-order valence-electron chi connectivity index (χ1n) is 4.84. The quantitative estimate of drug-likeness (QED) is 0.548. The van der Waals surface area contributed by atoms with Gasteiger partial charge in [-0.2, -0.15) is 0 Å². The minimum Gasteiger partial charge on any atom is -0.481 e. The summed E-state index contributed by atoms with van der Waals surface area (Å²) in [7, 11) is 0. The molecule has 1 aromatic rings. The van der Waals surface area contributed by atoms with Gasteiger partial charge in [0.2, 0.25) is 0 Å². The number of hydrogen-bond acceptors (Lipinski definition) is 5. The average Bonchev–Trinajstić information content (AvgIpc) is 2.70. The van der Waals surface area contributed by atoms with Gasteiger partial charge < -0.3 is 25.5 Å². The van der Waals surface area contributed by atoms with Crippen LogP contribution in [0.2, 0.25) is 0 Å². The third-order valence-electron chi connectivity index (χ3n) is 1.90. The topological polar surface area (TPSA) is 117 Å². The van der Waals surface area contributed by atoms with Gasteiger partial charge in [0.15, 0.2) is 6.29 Å². The highest BCUT2D eigenvalue weighted by atomic mass is 16.5. The van der Waals surface area contributed by atoms with Gasteiger partial charge in [0, 0.05) is 0 Å². The fourth-order valence-electron chi connectivity index (χ4n) is 0.942. The Balaban J connectivity index is 0.000000288. The second-order valence-corrected chi connectivity index (χ2v) is 3.05. The van der Waals surface area contributed by atoms with E-state index in [-0.39, 0.29) is 6.42 Å². The van der Waals surface area contributed by atoms with Gasteiger partial charge in [0.25, 0.3) is 0 Å². The molecule has 16 heavy (non-hydrogen) atoms. The van der Waals surface area contributed by atoms with Crippen molar-refractivity contribution in [1.82, 2.24) is 0 Å². The molecular formula is C10H17NO5. The molecule has 1 rings (SSSR count). The predicted molar refractivity (Wildman–Crippen MR) is 56.2 cm³/mol. The number of aliphatic hydroxyl groups excluding tert-OH is 1. The second-order valence-electron chi connectivity index (χ2n) is 3.05. The molecule has 1 heterocycles. The molecule has 0 aliphatic carbocycles. The van der Waals surface area contributed by atoms with Crippen LogP contribution in [0.4, 0.5) is 0 Å². The maximum absolute atomic E-state index is 10.1. The highest BCUT2D eigenvalue weighted by Gasteiger charge is 2.21. The standard InChI is InChI=1S/C5H7NO.C5H10O4/c6-4-5-2-1-3-7-5;1-2-3(4(6)7)5(8)9/h1-3H,4,6H2;3-4,6-7H,2H2,1H3,(H,8,9). The van der Waals surface area contributed by atoms with Crippen LogP contribution in [-0.4, -0.2) is 27.6 Å². The molecule has 1 aromatic heterocycles. The Kier molecular flexibility index (Phi) is 7.19. The van der Waals surface area contributed by atoms with Crippen LogP contribution in [0.25, 0.3) is 0 Å². The summed E-state index contributed by atoms with van der Waals surface area (Å²) in [6.07, 6.45) is 0.0994. The first-order valence-corrected chi connectivity index (χ1v) is 4.84. The molecule has 0 saturated heterocycles. The molecule has 0 saturated carbocycles. The number of aliphatic hydroxyl groups is 2. The second kappa shape index (κ2) is 7.86. The lowest BCUT2D eigenvalue weighted by Gasteiger charge is -2.10. The molecule has 6 heteroatoms. The van der Waals surface area contributed by atoms with Gasteiger partial charge in [-0.25, -0.2) is 0 Å². The zero-order valence-electron chi connectivity index (χ0n) is 9.04. The van der Waals surface area contributed by atoms with Crippen molar-refractivity contribution in [2.75, 3.05) is 0 Å². The summed E-state index contributed by atoms with van der Waals surface area (Å²) in [6.45, 7) is 2.07. The summed E-state index contributed by atoms with van der Waals surface area (Å²) < 4.78 is 4.86. The summed E-state index contributed by atoms with van der Waals surface area (Å²) in [5.74, 6) is -1.39. The summed E-state index contributed by atoms with van der Waals surface area (Å²) in [4.78, 5) is 10.1. The molecule has 0 spiro atoms. The monoisotopic (exact) mass is 231 g/mol. The van der Waals surface area contributed by atoms with Crippen molar-refractivity contribution >= 4 is 5.97 Å². The number of carboxylic acids is 1. The molecule has 5 N–H and O–H groups in total. The first-order chi connectivity index (χ1) is 7.52.